The lowest BCUT2D eigenvalue weighted by Gasteiger charge is -2.18. The predicted octanol–water partition coefficient (Wildman–Crippen LogP) is 4.56. The molecule has 0 bridgehead atoms. The fourth-order valence-electron chi connectivity index (χ4n) is 2.64. The predicted molar refractivity (Wildman–Crippen MR) is 89.3 cm³/mol. The van der Waals surface area contributed by atoms with Crippen molar-refractivity contribution in [3.63, 3.8) is 0 Å². The van der Waals surface area contributed by atoms with Gasteiger partial charge in [0.15, 0.2) is 0 Å². The number of carbonyl (C=O) groups excluding carboxylic acids is 1. The highest BCUT2D eigenvalue weighted by atomic mass is 19.4. The summed E-state index contributed by atoms with van der Waals surface area (Å²) in [6, 6.07) is 12.2. The van der Waals surface area contributed by atoms with Gasteiger partial charge in [-0.3, -0.25) is 4.79 Å². The summed E-state index contributed by atoms with van der Waals surface area (Å²) >= 11 is 0. The van der Waals surface area contributed by atoms with Crippen molar-refractivity contribution in [3.05, 3.63) is 59.9 Å². The molecule has 0 saturated carbocycles. The topological polar surface area (TPSA) is 46.9 Å². The van der Waals surface area contributed by atoms with E-state index in [1.54, 1.807) is 24.3 Å². The van der Waals surface area contributed by atoms with Crippen LogP contribution in [0.2, 0.25) is 0 Å². The number of alkyl halides is 3. The number of benzene rings is 2. The minimum atomic E-state index is -4.66. The Balaban J connectivity index is 1.99. The Morgan fingerprint density at radius 1 is 1.12 bits per heavy atom. The number of anilines is 1. The number of hydrogen-bond donors (Lipinski definition) is 1. The van der Waals surface area contributed by atoms with Gasteiger partial charge in [0.2, 0.25) is 11.7 Å². The number of halogens is 3. The van der Waals surface area contributed by atoms with Crippen LogP contribution in [-0.2, 0) is 11.0 Å². The molecule has 0 saturated heterocycles. The number of aryl methyl sites for hydroxylation is 1. The highest BCUT2D eigenvalue weighted by molar-refractivity contribution is 5.94. The average Bonchev–Trinajstić information content (AvgIpc) is 2.96. The van der Waals surface area contributed by atoms with Gasteiger partial charge in [0.1, 0.15) is 6.04 Å². The standard InChI is InChI=1S/C18H16F3N3O/c1-11-7-9-13(10-8-11)22-16(25)12(2)24-15-6-4-3-5-14(15)23-17(24)18(19,20)21/h3-10,12H,1-2H3,(H,22,25)/t12-/m1/s1. The molecule has 1 atom stereocenters. The summed E-state index contributed by atoms with van der Waals surface area (Å²) in [5.41, 5.74) is 2.01. The minimum Gasteiger partial charge on any atom is -0.324 e. The van der Waals surface area contributed by atoms with Gasteiger partial charge in [-0.2, -0.15) is 13.2 Å². The van der Waals surface area contributed by atoms with Gasteiger partial charge >= 0.3 is 6.18 Å². The summed E-state index contributed by atoms with van der Waals surface area (Å²) in [5, 5.41) is 2.65. The monoisotopic (exact) mass is 347 g/mol. The van der Waals surface area contributed by atoms with E-state index in [1.807, 2.05) is 19.1 Å². The van der Waals surface area contributed by atoms with Crippen LogP contribution in [0.1, 0.15) is 24.4 Å². The summed E-state index contributed by atoms with van der Waals surface area (Å²) in [6.07, 6.45) is -4.66. The SMILES string of the molecule is Cc1ccc(NC(=O)[C@@H](C)n2c(C(F)(F)F)nc3ccccc32)cc1. The molecule has 0 aliphatic rings. The molecule has 0 spiro atoms. The summed E-state index contributed by atoms with van der Waals surface area (Å²) < 4.78 is 41.0. The number of amides is 1. The van der Waals surface area contributed by atoms with Crippen LogP contribution in [0, 0.1) is 6.92 Å². The number of imidazole rings is 1. The smallest absolute Gasteiger partial charge is 0.324 e. The molecule has 1 heterocycles. The van der Waals surface area contributed by atoms with E-state index in [9.17, 15) is 18.0 Å². The molecule has 1 aromatic heterocycles. The molecule has 0 radical (unpaired) electrons. The largest absolute Gasteiger partial charge is 0.449 e. The number of carbonyl (C=O) groups is 1. The maximum atomic E-state index is 13.4. The molecule has 4 nitrogen and oxygen atoms in total. The maximum absolute atomic E-state index is 13.4. The second kappa shape index (κ2) is 6.23. The van der Waals surface area contributed by atoms with Gasteiger partial charge in [-0.1, -0.05) is 29.8 Å². The van der Waals surface area contributed by atoms with Crippen LogP contribution >= 0.6 is 0 Å². The van der Waals surface area contributed by atoms with Crippen LogP contribution in [0.3, 0.4) is 0 Å². The van der Waals surface area contributed by atoms with Crippen molar-refractivity contribution < 1.29 is 18.0 Å². The first kappa shape index (κ1) is 17.0. The molecule has 0 unspecified atom stereocenters. The van der Waals surface area contributed by atoms with Crippen LogP contribution in [0.4, 0.5) is 18.9 Å². The first-order chi connectivity index (χ1) is 11.8. The molecule has 25 heavy (non-hydrogen) atoms. The molecule has 130 valence electrons. The Hall–Kier alpha value is -2.83. The van der Waals surface area contributed by atoms with Crippen LogP contribution in [0.5, 0.6) is 0 Å². The quantitative estimate of drug-likeness (QED) is 0.755. The van der Waals surface area contributed by atoms with Gasteiger partial charge < -0.3 is 9.88 Å². The van der Waals surface area contributed by atoms with Crippen molar-refractivity contribution >= 4 is 22.6 Å². The number of hydrogen-bond acceptors (Lipinski definition) is 2. The number of para-hydroxylation sites is 2. The van der Waals surface area contributed by atoms with Crippen molar-refractivity contribution in [1.29, 1.82) is 0 Å². The van der Waals surface area contributed by atoms with Crippen LogP contribution in [0.25, 0.3) is 11.0 Å². The van der Waals surface area contributed by atoms with Crippen molar-refractivity contribution in [1.82, 2.24) is 9.55 Å². The summed E-state index contributed by atoms with van der Waals surface area (Å²) in [6.45, 7) is 3.33. The van der Waals surface area contributed by atoms with E-state index in [0.29, 0.717) is 5.69 Å². The third-order valence-corrected chi connectivity index (χ3v) is 3.94. The minimum absolute atomic E-state index is 0.199. The lowest BCUT2D eigenvalue weighted by atomic mass is 10.2. The lowest BCUT2D eigenvalue weighted by molar-refractivity contribution is -0.148. The van der Waals surface area contributed by atoms with E-state index in [-0.39, 0.29) is 11.0 Å². The molecule has 7 heteroatoms. The van der Waals surface area contributed by atoms with E-state index in [4.69, 9.17) is 0 Å². The van der Waals surface area contributed by atoms with Gasteiger partial charge in [0.05, 0.1) is 11.0 Å². The summed E-state index contributed by atoms with van der Waals surface area (Å²) in [5.74, 6) is -1.63. The second-order valence-electron chi connectivity index (χ2n) is 5.82. The Labute approximate surface area is 142 Å². The zero-order valence-electron chi connectivity index (χ0n) is 13.6. The first-order valence-corrected chi connectivity index (χ1v) is 7.69. The number of nitrogens with one attached hydrogen (secondary N) is 1. The number of fused-ring (bicyclic) bond motifs is 1. The third kappa shape index (κ3) is 3.35. The normalized spacial score (nSPS) is 13.0. The van der Waals surface area contributed by atoms with E-state index >= 15 is 0 Å². The molecular weight excluding hydrogens is 331 g/mol. The fraction of sp³-hybridized carbons (Fsp3) is 0.222. The molecule has 0 fully saturated rings. The van der Waals surface area contributed by atoms with E-state index in [0.717, 1.165) is 10.1 Å². The highest BCUT2D eigenvalue weighted by Gasteiger charge is 2.39. The van der Waals surface area contributed by atoms with Crippen molar-refractivity contribution in [3.8, 4) is 0 Å². The Morgan fingerprint density at radius 3 is 2.40 bits per heavy atom. The molecule has 1 N–H and O–H groups in total. The molecule has 3 rings (SSSR count). The van der Waals surface area contributed by atoms with E-state index in [1.165, 1.54) is 19.1 Å². The Kier molecular flexibility index (Phi) is 4.24. The maximum Gasteiger partial charge on any atom is 0.449 e. The van der Waals surface area contributed by atoms with E-state index < -0.39 is 23.9 Å². The van der Waals surface area contributed by atoms with Gasteiger partial charge in [0, 0.05) is 5.69 Å². The number of aromatic nitrogens is 2. The van der Waals surface area contributed by atoms with Crippen LogP contribution in [-0.4, -0.2) is 15.5 Å². The van der Waals surface area contributed by atoms with Crippen molar-refractivity contribution in [2.45, 2.75) is 26.1 Å². The highest BCUT2D eigenvalue weighted by Crippen LogP contribution is 2.34. The van der Waals surface area contributed by atoms with Gasteiger partial charge in [-0.25, -0.2) is 4.98 Å². The Bertz CT molecular complexity index is 913. The second-order valence-corrected chi connectivity index (χ2v) is 5.82. The zero-order valence-corrected chi connectivity index (χ0v) is 13.6. The molecule has 2 aromatic carbocycles. The lowest BCUT2D eigenvalue weighted by Crippen LogP contribution is -2.27. The van der Waals surface area contributed by atoms with Gasteiger partial charge in [-0.15, -0.1) is 0 Å². The number of nitrogens with zero attached hydrogens (tertiary/aromatic N) is 2. The molecule has 3 aromatic rings. The van der Waals surface area contributed by atoms with Gasteiger partial charge in [-0.05, 0) is 38.1 Å². The zero-order chi connectivity index (χ0) is 18.2. The van der Waals surface area contributed by atoms with Crippen molar-refractivity contribution in [2.75, 3.05) is 5.32 Å². The first-order valence-electron chi connectivity index (χ1n) is 7.69. The molecule has 0 aliphatic heterocycles. The fourth-order valence-corrected chi connectivity index (χ4v) is 2.64. The van der Waals surface area contributed by atoms with E-state index in [2.05, 4.69) is 10.3 Å². The van der Waals surface area contributed by atoms with Gasteiger partial charge in [0.25, 0.3) is 0 Å². The molecule has 1 amide bonds. The summed E-state index contributed by atoms with van der Waals surface area (Å²) in [4.78, 5) is 16.2. The molecule has 0 aliphatic carbocycles. The van der Waals surface area contributed by atoms with Crippen LogP contribution < -0.4 is 5.32 Å². The number of rotatable bonds is 3. The third-order valence-electron chi connectivity index (χ3n) is 3.94. The molecular formula is C18H16F3N3O. The Morgan fingerprint density at radius 2 is 1.76 bits per heavy atom. The van der Waals surface area contributed by atoms with Crippen LogP contribution in [0.15, 0.2) is 48.5 Å². The average molecular weight is 347 g/mol. The van der Waals surface area contributed by atoms with Crippen molar-refractivity contribution in [2.24, 2.45) is 0 Å². The summed E-state index contributed by atoms with van der Waals surface area (Å²) in [7, 11) is 0.